The molecule has 0 saturated carbocycles. The van der Waals surface area contributed by atoms with E-state index in [1.54, 1.807) is 18.6 Å². The number of hydrogen-bond acceptors (Lipinski definition) is 3. The zero-order chi connectivity index (χ0) is 12.8. The number of aromatic nitrogens is 2. The average Bonchev–Trinajstić information content (AvgIpc) is 2.43. The molecule has 0 bridgehead atoms. The van der Waals surface area contributed by atoms with Gasteiger partial charge in [-0.1, -0.05) is 37.6 Å². The Morgan fingerprint density at radius 1 is 1.17 bits per heavy atom. The van der Waals surface area contributed by atoms with Crippen LogP contribution in [0.4, 0.5) is 0 Å². The number of nitrogens with zero attached hydrogens (tertiary/aromatic N) is 2. The molecule has 0 spiro atoms. The van der Waals surface area contributed by atoms with Crippen molar-refractivity contribution in [2.75, 3.05) is 7.05 Å². The lowest BCUT2D eigenvalue weighted by molar-refractivity contribution is 0.666. The molecule has 2 aromatic rings. The van der Waals surface area contributed by atoms with Gasteiger partial charge in [0.25, 0.3) is 0 Å². The van der Waals surface area contributed by atoms with Gasteiger partial charge < -0.3 is 5.32 Å². The SMILES string of the molecule is CCCc1ccc(C(NC)c2cnccn2)cc1. The largest absolute Gasteiger partial charge is 0.308 e. The molecule has 1 aromatic carbocycles. The van der Waals surface area contributed by atoms with E-state index in [4.69, 9.17) is 0 Å². The molecule has 3 nitrogen and oxygen atoms in total. The summed E-state index contributed by atoms with van der Waals surface area (Å²) in [5.74, 6) is 0. The molecule has 1 heterocycles. The maximum atomic E-state index is 4.36. The van der Waals surface area contributed by atoms with Gasteiger partial charge in [0.1, 0.15) is 0 Å². The second-order valence-corrected chi connectivity index (χ2v) is 4.34. The van der Waals surface area contributed by atoms with Crippen molar-refractivity contribution in [2.24, 2.45) is 0 Å². The Morgan fingerprint density at radius 2 is 1.94 bits per heavy atom. The molecule has 0 saturated heterocycles. The first-order valence-electron chi connectivity index (χ1n) is 6.37. The minimum Gasteiger partial charge on any atom is -0.308 e. The number of aryl methyl sites for hydroxylation is 1. The van der Waals surface area contributed by atoms with E-state index in [9.17, 15) is 0 Å². The van der Waals surface area contributed by atoms with Gasteiger partial charge in [-0.05, 0) is 24.6 Å². The summed E-state index contributed by atoms with van der Waals surface area (Å²) in [7, 11) is 1.94. The van der Waals surface area contributed by atoms with Crippen molar-refractivity contribution in [3.63, 3.8) is 0 Å². The topological polar surface area (TPSA) is 37.8 Å². The normalized spacial score (nSPS) is 12.3. The third-order valence-electron chi connectivity index (χ3n) is 3.02. The van der Waals surface area contributed by atoms with E-state index < -0.39 is 0 Å². The molecule has 3 heteroatoms. The summed E-state index contributed by atoms with van der Waals surface area (Å²) in [5, 5.41) is 3.28. The maximum Gasteiger partial charge on any atom is 0.0801 e. The molecule has 1 atom stereocenters. The molecule has 1 N–H and O–H groups in total. The minimum absolute atomic E-state index is 0.106. The molecule has 0 aliphatic rings. The van der Waals surface area contributed by atoms with Crippen LogP contribution in [0.2, 0.25) is 0 Å². The third-order valence-corrected chi connectivity index (χ3v) is 3.02. The van der Waals surface area contributed by atoms with E-state index in [2.05, 4.69) is 46.5 Å². The lowest BCUT2D eigenvalue weighted by Crippen LogP contribution is -2.19. The lowest BCUT2D eigenvalue weighted by Gasteiger charge is -2.16. The highest BCUT2D eigenvalue weighted by atomic mass is 14.9. The fourth-order valence-electron chi connectivity index (χ4n) is 2.11. The highest BCUT2D eigenvalue weighted by Crippen LogP contribution is 2.19. The molecule has 1 unspecified atom stereocenters. The predicted octanol–water partition coefficient (Wildman–Crippen LogP) is 2.74. The number of hydrogen-bond donors (Lipinski definition) is 1. The fraction of sp³-hybridized carbons (Fsp3) is 0.333. The molecule has 1 aromatic heterocycles. The van der Waals surface area contributed by atoms with Crippen LogP contribution in [0.5, 0.6) is 0 Å². The predicted molar refractivity (Wildman–Crippen MR) is 73.4 cm³/mol. The lowest BCUT2D eigenvalue weighted by atomic mass is 10.0. The molecule has 0 amide bonds. The van der Waals surface area contributed by atoms with Gasteiger partial charge >= 0.3 is 0 Å². The molecule has 0 aliphatic carbocycles. The van der Waals surface area contributed by atoms with Crippen LogP contribution in [0.15, 0.2) is 42.9 Å². The van der Waals surface area contributed by atoms with Crippen molar-refractivity contribution in [1.82, 2.24) is 15.3 Å². The van der Waals surface area contributed by atoms with Gasteiger partial charge in [0, 0.05) is 12.4 Å². The van der Waals surface area contributed by atoms with E-state index in [1.807, 2.05) is 7.05 Å². The Labute approximate surface area is 108 Å². The standard InChI is InChI=1S/C15H19N3/c1-3-4-12-5-7-13(8-6-12)15(16-2)14-11-17-9-10-18-14/h5-11,15-16H,3-4H2,1-2H3. The first-order chi connectivity index (χ1) is 8.85. The summed E-state index contributed by atoms with van der Waals surface area (Å²) in [5.41, 5.74) is 3.55. The summed E-state index contributed by atoms with van der Waals surface area (Å²) in [4.78, 5) is 8.48. The summed E-state index contributed by atoms with van der Waals surface area (Å²) >= 11 is 0. The molecule has 18 heavy (non-hydrogen) atoms. The molecule has 0 aliphatic heterocycles. The van der Waals surface area contributed by atoms with Crippen LogP contribution in [0.3, 0.4) is 0 Å². The van der Waals surface area contributed by atoms with Gasteiger partial charge in [-0.25, -0.2) is 0 Å². The maximum absolute atomic E-state index is 4.36. The molecule has 94 valence electrons. The Morgan fingerprint density at radius 3 is 2.50 bits per heavy atom. The monoisotopic (exact) mass is 241 g/mol. The molecule has 2 rings (SSSR count). The Hall–Kier alpha value is -1.74. The second kappa shape index (κ2) is 6.26. The van der Waals surface area contributed by atoms with E-state index in [0.29, 0.717) is 0 Å². The van der Waals surface area contributed by atoms with Crippen LogP contribution < -0.4 is 5.32 Å². The highest BCUT2D eigenvalue weighted by molar-refractivity contribution is 5.29. The second-order valence-electron chi connectivity index (χ2n) is 4.34. The summed E-state index contributed by atoms with van der Waals surface area (Å²) < 4.78 is 0. The van der Waals surface area contributed by atoms with Crippen molar-refractivity contribution >= 4 is 0 Å². The van der Waals surface area contributed by atoms with Crippen LogP contribution in [-0.4, -0.2) is 17.0 Å². The summed E-state index contributed by atoms with van der Waals surface area (Å²) in [6.07, 6.45) is 7.54. The van der Waals surface area contributed by atoms with Crippen LogP contribution in [0.25, 0.3) is 0 Å². The van der Waals surface area contributed by atoms with Crippen LogP contribution in [0.1, 0.15) is 36.2 Å². The van der Waals surface area contributed by atoms with Gasteiger partial charge in [0.2, 0.25) is 0 Å². The molecule has 0 radical (unpaired) electrons. The summed E-state index contributed by atoms with van der Waals surface area (Å²) in [6.45, 7) is 2.20. The number of benzene rings is 1. The molecule has 0 fully saturated rings. The number of rotatable bonds is 5. The van der Waals surface area contributed by atoms with E-state index in [1.165, 1.54) is 17.5 Å². The molecular weight excluding hydrogens is 222 g/mol. The first kappa shape index (κ1) is 12.7. The Balaban J connectivity index is 2.23. The quantitative estimate of drug-likeness (QED) is 0.874. The van der Waals surface area contributed by atoms with E-state index >= 15 is 0 Å². The van der Waals surface area contributed by atoms with Crippen molar-refractivity contribution in [2.45, 2.75) is 25.8 Å². The van der Waals surface area contributed by atoms with E-state index in [-0.39, 0.29) is 6.04 Å². The smallest absolute Gasteiger partial charge is 0.0801 e. The van der Waals surface area contributed by atoms with Crippen LogP contribution in [-0.2, 0) is 6.42 Å². The first-order valence-corrected chi connectivity index (χ1v) is 6.37. The van der Waals surface area contributed by atoms with Crippen molar-refractivity contribution < 1.29 is 0 Å². The van der Waals surface area contributed by atoms with Crippen LogP contribution in [0, 0.1) is 0 Å². The van der Waals surface area contributed by atoms with Gasteiger partial charge in [0.05, 0.1) is 17.9 Å². The van der Waals surface area contributed by atoms with Crippen molar-refractivity contribution in [1.29, 1.82) is 0 Å². The highest BCUT2D eigenvalue weighted by Gasteiger charge is 2.12. The van der Waals surface area contributed by atoms with Crippen molar-refractivity contribution in [3.05, 3.63) is 59.7 Å². The van der Waals surface area contributed by atoms with E-state index in [0.717, 1.165) is 12.1 Å². The van der Waals surface area contributed by atoms with Crippen LogP contribution >= 0.6 is 0 Å². The Kier molecular flexibility index (Phi) is 4.42. The zero-order valence-corrected chi connectivity index (χ0v) is 10.9. The fourth-order valence-corrected chi connectivity index (χ4v) is 2.11. The zero-order valence-electron chi connectivity index (χ0n) is 10.9. The molecular formula is C15H19N3. The van der Waals surface area contributed by atoms with Crippen molar-refractivity contribution in [3.8, 4) is 0 Å². The van der Waals surface area contributed by atoms with Gasteiger partial charge in [-0.15, -0.1) is 0 Å². The van der Waals surface area contributed by atoms with Gasteiger partial charge in [0.15, 0.2) is 0 Å². The van der Waals surface area contributed by atoms with Gasteiger partial charge in [-0.2, -0.15) is 0 Å². The minimum atomic E-state index is 0.106. The Bertz CT molecular complexity index is 465. The summed E-state index contributed by atoms with van der Waals surface area (Å²) in [6, 6.07) is 8.83. The van der Waals surface area contributed by atoms with Gasteiger partial charge in [-0.3, -0.25) is 9.97 Å². The average molecular weight is 241 g/mol. The third kappa shape index (κ3) is 2.93. The number of nitrogens with one attached hydrogen (secondary N) is 1.